The Hall–Kier alpha value is -3.30. The van der Waals surface area contributed by atoms with Crippen LogP contribution in [0, 0.1) is 11.2 Å². The molecule has 0 bridgehead atoms. The van der Waals surface area contributed by atoms with Gasteiger partial charge >= 0.3 is 0 Å². The van der Waals surface area contributed by atoms with E-state index in [0.29, 0.717) is 32.5 Å². The predicted octanol–water partition coefficient (Wildman–Crippen LogP) is 4.95. The standard InChI is InChI=1S/C31H35FN4O3S/c1-30(2,3)23-6-12-27(13-7-23)40(38,39)35-17-14-24-18-28-22(20-33-36(28)26-10-8-25(32)9-11-26)19-31(24,21-35)29(37)34-15-4-5-16-34/h6-13,18,20H,4-5,14-17,19,21H2,1-3H3. The number of hydrogen-bond acceptors (Lipinski definition) is 4. The van der Waals surface area contributed by atoms with Crippen LogP contribution >= 0.6 is 0 Å². The molecule has 2 saturated heterocycles. The van der Waals surface area contributed by atoms with Gasteiger partial charge in [0.2, 0.25) is 15.9 Å². The van der Waals surface area contributed by atoms with Crippen molar-refractivity contribution in [2.24, 2.45) is 5.41 Å². The van der Waals surface area contributed by atoms with E-state index in [1.54, 1.807) is 35.1 Å². The highest BCUT2D eigenvalue weighted by Gasteiger charge is 2.52. The molecular weight excluding hydrogens is 527 g/mol. The Kier molecular flexibility index (Phi) is 6.50. The first kappa shape index (κ1) is 26.9. The van der Waals surface area contributed by atoms with Gasteiger partial charge in [0.25, 0.3) is 0 Å². The van der Waals surface area contributed by atoms with Crippen LogP contribution in [-0.2, 0) is 26.7 Å². The van der Waals surface area contributed by atoms with Crippen molar-refractivity contribution in [3.05, 3.63) is 82.9 Å². The molecule has 2 aliphatic heterocycles. The number of amides is 1. The van der Waals surface area contributed by atoms with Crippen molar-refractivity contribution in [3.8, 4) is 5.69 Å². The first-order chi connectivity index (χ1) is 19.0. The average molecular weight is 563 g/mol. The molecule has 6 rings (SSSR count). The molecule has 1 amide bonds. The summed E-state index contributed by atoms with van der Waals surface area (Å²) in [5.74, 6) is -0.320. The molecule has 3 aromatic rings. The number of fused-ring (bicyclic) bond motifs is 2. The lowest BCUT2D eigenvalue weighted by atomic mass is 9.68. The van der Waals surface area contributed by atoms with Gasteiger partial charge in [-0.1, -0.05) is 32.9 Å². The van der Waals surface area contributed by atoms with Gasteiger partial charge in [0.1, 0.15) is 5.82 Å². The number of carbonyl (C=O) groups excluding carboxylic acids is 1. The van der Waals surface area contributed by atoms with Crippen LogP contribution in [0.4, 0.5) is 4.39 Å². The van der Waals surface area contributed by atoms with Crippen molar-refractivity contribution in [3.63, 3.8) is 0 Å². The van der Waals surface area contributed by atoms with Crippen LogP contribution in [0.1, 0.15) is 56.9 Å². The van der Waals surface area contributed by atoms with Gasteiger partial charge in [0.15, 0.2) is 0 Å². The van der Waals surface area contributed by atoms with Gasteiger partial charge in [0, 0.05) is 26.2 Å². The third-order valence-electron chi connectivity index (χ3n) is 8.61. The Morgan fingerprint density at radius 1 is 0.975 bits per heavy atom. The number of likely N-dealkylation sites (tertiary alicyclic amines) is 1. The van der Waals surface area contributed by atoms with Gasteiger partial charge in [-0.25, -0.2) is 17.5 Å². The number of piperidine rings is 1. The normalized spacial score (nSPS) is 21.6. The molecule has 1 aliphatic carbocycles. The second kappa shape index (κ2) is 9.66. The van der Waals surface area contributed by atoms with Gasteiger partial charge < -0.3 is 4.90 Å². The van der Waals surface area contributed by atoms with E-state index in [4.69, 9.17) is 0 Å². The SMILES string of the molecule is CC(C)(C)c1ccc(S(=O)(=O)N2CCC3=Cc4c(cnn4-c4ccc(F)cc4)CC3(C(=O)N3CCCC3)C2)cc1. The molecule has 1 atom stereocenters. The first-order valence-corrected chi connectivity index (χ1v) is 15.4. The Labute approximate surface area is 235 Å². The van der Waals surface area contributed by atoms with Crippen molar-refractivity contribution in [1.82, 2.24) is 19.0 Å². The van der Waals surface area contributed by atoms with Crippen molar-refractivity contribution in [2.45, 2.75) is 56.8 Å². The molecule has 3 heterocycles. The molecule has 2 fully saturated rings. The molecule has 210 valence electrons. The minimum atomic E-state index is -3.81. The predicted molar refractivity (Wildman–Crippen MR) is 152 cm³/mol. The van der Waals surface area contributed by atoms with Gasteiger partial charge in [-0.15, -0.1) is 0 Å². The molecule has 1 aromatic heterocycles. The van der Waals surface area contributed by atoms with Crippen molar-refractivity contribution in [1.29, 1.82) is 0 Å². The monoisotopic (exact) mass is 562 g/mol. The number of sulfonamides is 1. The third kappa shape index (κ3) is 4.49. The lowest BCUT2D eigenvalue weighted by Crippen LogP contribution is -2.56. The maximum atomic E-state index is 14.2. The van der Waals surface area contributed by atoms with Crippen LogP contribution in [-0.4, -0.2) is 59.5 Å². The second-order valence-electron chi connectivity index (χ2n) is 12.2. The summed E-state index contributed by atoms with van der Waals surface area (Å²) in [4.78, 5) is 16.4. The van der Waals surface area contributed by atoms with Crippen molar-refractivity contribution in [2.75, 3.05) is 26.2 Å². The number of nitrogens with zero attached hydrogens (tertiary/aromatic N) is 4. The Morgan fingerprint density at radius 2 is 1.65 bits per heavy atom. The van der Waals surface area contributed by atoms with Crippen LogP contribution in [0.2, 0.25) is 0 Å². The molecule has 3 aliphatic rings. The molecule has 0 N–H and O–H groups in total. The van der Waals surface area contributed by atoms with E-state index >= 15 is 0 Å². The fourth-order valence-corrected chi connectivity index (χ4v) is 7.79. The van der Waals surface area contributed by atoms with E-state index in [2.05, 4.69) is 25.9 Å². The number of halogens is 1. The summed E-state index contributed by atoms with van der Waals surface area (Å²) in [5, 5.41) is 4.58. The number of benzene rings is 2. The van der Waals surface area contributed by atoms with E-state index in [0.717, 1.165) is 40.9 Å². The summed E-state index contributed by atoms with van der Waals surface area (Å²) in [6.07, 6.45) is 6.51. The lowest BCUT2D eigenvalue weighted by Gasteiger charge is -2.46. The van der Waals surface area contributed by atoms with Crippen LogP contribution in [0.3, 0.4) is 0 Å². The fourth-order valence-electron chi connectivity index (χ4n) is 6.29. The van der Waals surface area contributed by atoms with Gasteiger partial charge in [-0.05, 0) is 90.3 Å². The Balaban J connectivity index is 1.38. The maximum Gasteiger partial charge on any atom is 0.243 e. The second-order valence-corrected chi connectivity index (χ2v) is 14.2. The molecular formula is C31H35FN4O3S. The van der Waals surface area contributed by atoms with Gasteiger partial charge in [0.05, 0.1) is 27.9 Å². The van der Waals surface area contributed by atoms with Crippen LogP contribution in [0.25, 0.3) is 11.8 Å². The van der Waals surface area contributed by atoms with E-state index in [1.807, 2.05) is 23.1 Å². The highest BCUT2D eigenvalue weighted by atomic mass is 32.2. The summed E-state index contributed by atoms with van der Waals surface area (Å²) in [6.45, 7) is 8.06. The summed E-state index contributed by atoms with van der Waals surface area (Å²) >= 11 is 0. The lowest BCUT2D eigenvalue weighted by molar-refractivity contribution is -0.140. The van der Waals surface area contributed by atoms with Crippen molar-refractivity contribution >= 4 is 22.0 Å². The zero-order valence-corrected chi connectivity index (χ0v) is 24.0. The Morgan fingerprint density at radius 3 is 2.30 bits per heavy atom. The first-order valence-electron chi connectivity index (χ1n) is 13.9. The minimum absolute atomic E-state index is 0.000544. The van der Waals surface area contributed by atoms with Gasteiger partial charge in [-0.3, -0.25) is 4.79 Å². The molecule has 0 saturated carbocycles. The summed E-state index contributed by atoms with van der Waals surface area (Å²) in [7, 11) is -3.81. The van der Waals surface area contributed by atoms with Crippen LogP contribution in [0.15, 0.2) is 65.2 Å². The number of hydrogen-bond donors (Lipinski definition) is 0. The van der Waals surface area contributed by atoms with Crippen molar-refractivity contribution < 1.29 is 17.6 Å². The van der Waals surface area contributed by atoms with E-state index in [-0.39, 0.29) is 28.6 Å². The topological polar surface area (TPSA) is 75.5 Å². The van der Waals surface area contributed by atoms with Gasteiger partial charge in [-0.2, -0.15) is 9.40 Å². The number of rotatable bonds is 4. The highest BCUT2D eigenvalue weighted by Crippen LogP contribution is 2.47. The zero-order valence-electron chi connectivity index (χ0n) is 23.2. The van der Waals surface area contributed by atoms with Crippen LogP contribution in [0.5, 0.6) is 0 Å². The molecule has 0 radical (unpaired) electrons. The molecule has 1 unspecified atom stereocenters. The van der Waals surface area contributed by atoms with E-state index in [1.165, 1.54) is 16.4 Å². The third-order valence-corrected chi connectivity index (χ3v) is 10.5. The summed E-state index contributed by atoms with van der Waals surface area (Å²) < 4.78 is 44.6. The zero-order chi connectivity index (χ0) is 28.3. The minimum Gasteiger partial charge on any atom is -0.342 e. The Bertz CT molecular complexity index is 1580. The van der Waals surface area contributed by atoms with E-state index in [9.17, 15) is 17.6 Å². The molecule has 7 nitrogen and oxygen atoms in total. The largest absolute Gasteiger partial charge is 0.342 e. The molecule has 9 heteroatoms. The smallest absolute Gasteiger partial charge is 0.243 e. The highest BCUT2D eigenvalue weighted by molar-refractivity contribution is 7.89. The fraction of sp³-hybridized carbons (Fsp3) is 0.419. The molecule has 2 aromatic carbocycles. The maximum absolute atomic E-state index is 14.2. The van der Waals surface area contributed by atoms with Crippen LogP contribution < -0.4 is 0 Å². The molecule has 0 spiro atoms. The van der Waals surface area contributed by atoms with E-state index < -0.39 is 15.4 Å². The average Bonchev–Trinajstić information content (AvgIpc) is 3.61. The molecule has 40 heavy (non-hydrogen) atoms. The summed E-state index contributed by atoms with van der Waals surface area (Å²) in [5.41, 5.74) is 3.41. The number of carbonyl (C=O) groups is 1. The number of aromatic nitrogens is 2. The summed E-state index contributed by atoms with van der Waals surface area (Å²) in [6, 6.07) is 13.3. The quantitative estimate of drug-likeness (QED) is 0.451.